The topological polar surface area (TPSA) is 105 Å². The van der Waals surface area contributed by atoms with E-state index in [1.54, 1.807) is 0 Å². The summed E-state index contributed by atoms with van der Waals surface area (Å²) in [4.78, 5) is 32.6. The van der Waals surface area contributed by atoms with Gasteiger partial charge in [-0.3, -0.25) is 14.9 Å². The average molecular weight is 309 g/mol. The molecule has 0 aromatic heterocycles. The molecule has 1 heterocycles. The van der Waals surface area contributed by atoms with E-state index in [-0.39, 0.29) is 17.0 Å². The first kappa shape index (κ1) is 15.9. The third-order valence-corrected chi connectivity index (χ3v) is 3.26. The molecule has 1 aliphatic heterocycles. The maximum Gasteiger partial charge on any atom is 0.335 e. The van der Waals surface area contributed by atoms with Crippen LogP contribution in [0.15, 0.2) is 18.2 Å². The van der Waals surface area contributed by atoms with E-state index in [0.717, 1.165) is 6.07 Å². The standard InChI is InChI=1S/C14H15NO7/c1-20-14(17)12-3-2-4-13(22-12)21-11-6-5-9(8-16)7-10(11)15(18)19/h5-8,12-13H,2-4H2,1H3/t12-,13+/m0/s1. The number of carbonyl (C=O) groups excluding carboxylic acids is 2. The van der Waals surface area contributed by atoms with Crippen LogP contribution in [0.1, 0.15) is 29.6 Å². The second-order valence-corrected chi connectivity index (χ2v) is 4.73. The Morgan fingerprint density at radius 2 is 2.23 bits per heavy atom. The molecule has 1 fully saturated rings. The first-order valence-corrected chi connectivity index (χ1v) is 6.68. The van der Waals surface area contributed by atoms with E-state index in [1.807, 2.05) is 0 Å². The van der Waals surface area contributed by atoms with Crippen molar-refractivity contribution in [2.24, 2.45) is 0 Å². The van der Waals surface area contributed by atoms with E-state index >= 15 is 0 Å². The van der Waals surface area contributed by atoms with E-state index in [2.05, 4.69) is 4.74 Å². The van der Waals surface area contributed by atoms with Gasteiger partial charge in [-0.25, -0.2) is 4.79 Å². The van der Waals surface area contributed by atoms with Gasteiger partial charge in [-0.05, 0) is 25.0 Å². The fraction of sp³-hybridized carbons (Fsp3) is 0.429. The van der Waals surface area contributed by atoms with E-state index in [4.69, 9.17) is 9.47 Å². The lowest BCUT2D eigenvalue weighted by Crippen LogP contribution is -2.37. The minimum Gasteiger partial charge on any atom is -0.467 e. The minimum atomic E-state index is -0.779. The molecular formula is C14H15NO7. The van der Waals surface area contributed by atoms with Crippen molar-refractivity contribution in [3.05, 3.63) is 33.9 Å². The number of esters is 1. The molecule has 1 aliphatic rings. The molecule has 0 bridgehead atoms. The van der Waals surface area contributed by atoms with Crippen LogP contribution in [0.5, 0.6) is 5.75 Å². The number of hydrogen-bond acceptors (Lipinski definition) is 7. The van der Waals surface area contributed by atoms with E-state index < -0.39 is 23.3 Å². The van der Waals surface area contributed by atoms with Crippen LogP contribution in [-0.4, -0.2) is 36.7 Å². The van der Waals surface area contributed by atoms with Crippen LogP contribution in [0.25, 0.3) is 0 Å². The molecule has 2 rings (SSSR count). The Morgan fingerprint density at radius 3 is 2.86 bits per heavy atom. The summed E-state index contributed by atoms with van der Waals surface area (Å²) >= 11 is 0. The van der Waals surface area contributed by atoms with Gasteiger partial charge in [0.2, 0.25) is 6.29 Å². The summed E-state index contributed by atoms with van der Waals surface area (Å²) < 4.78 is 15.5. The summed E-state index contributed by atoms with van der Waals surface area (Å²) in [5.74, 6) is -0.509. The first-order chi connectivity index (χ1) is 10.5. The number of benzene rings is 1. The highest BCUT2D eigenvalue weighted by Gasteiger charge is 2.31. The smallest absolute Gasteiger partial charge is 0.335 e. The number of nitro benzene ring substituents is 1. The Morgan fingerprint density at radius 1 is 1.45 bits per heavy atom. The molecule has 118 valence electrons. The van der Waals surface area contributed by atoms with Gasteiger partial charge in [0.25, 0.3) is 0 Å². The van der Waals surface area contributed by atoms with Crippen molar-refractivity contribution in [3.63, 3.8) is 0 Å². The molecule has 0 N–H and O–H groups in total. The average Bonchev–Trinajstić information content (AvgIpc) is 2.54. The summed E-state index contributed by atoms with van der Waals surface area (Å²) in [6.07, 6.45) is 0.681. The Bertz CT molecular complexity index is 587. The molecule has 0 amide bonds. The van der Waals surface area contributed by atoms with Crippen LogP contribution in [0.3, 0.4) is 0 Å². The summed E-state index contributed by atoms with van der Waals surface area (Å²) in [5, 5.41) is 11.0. The molecule has 0 aliphatic carbocycles. The normalized spacial score (nSPS) is 21.0. The van der Waals surface area contributed by atoms with Crippen LogP contribution in [0.2, 0.25) is 0 Å². The molecule has 1 saturated heterocycles. The van der Waals surface area contributed by atoms with Gasteiger partial charge in [-0.15, -0.1) is 0 Å². The Balaban J connectivity index is 2.14. The third-order valence-electron chi connectivity index (χ3n) is 3.26. The predicted molar refractivity (Wildman–Crippen MR) is 73.6 cm³/mol. The summed E-state index contributed by atoms with van der Waals surface area (Å²) in [6, 6.07) is 3.88. The third kappa shape index (κ3) is 3.59. The lowest BCUT2D eigenvalue weighted by molar-refractivity contribution is -0.386. The lowest BCUT2D eigenvalue weighted by Gasteiger charge is -2.28. The quantitative estimate of drug-likeness (QED) is 0.354. The monoisotopic (exact) mass is 309 g/mol. The van der Waals surface area contributed by atoms with Crippen molar-refractivity contribution >= 4 is 17.9 Å². The van der Waals surface area contributed by atoms with Gasteiger partial charge >= 0.3 is 11.7 Å². The first-order valence-electron chi connectivity index (χ1n) is 6.68. The zero-order valence-electron chi connectivity index (χ0n) is 11.9. The molecule has 2 atom stereocenters. The summed E-state index contributed by atoms with van der Waals surface area (Å²) in [7, 11) is 1.26. The number of carbonyl (C=O) groups is 2. The summed E-state index contributed by atoms with van der Waals surface area (Å²) in [5.41, 5.74) is -0.149. The van der Waals surface area contributed by atoms with Crippen LogP contribution < -0.4 is 4.74 Å². The minimum absolute atomic E-state index is 0.00823. The molecule has 22 heavy (non-hydrogen) atoms. The second-order valence-electron chi connectivity index (χ2n) is 4.73. The van der Waals surface area contributed by atoms with Crippen molar-refractivity contribution in [2.45, 2.75) is 31.7 Å². The van der Waals surface area contributed by atoms with Crippen LogP contribution in [0.4, 0.5) is 5.69 Å². The number of nitro groups is 1. The molecule has 1 aromatic rings. The Kier molecular flexibility index (Phi) is 5.05. The Hall–Kier alpha value is -2.48. The fourth-order valence-electron chi connectivity index (χ4n) is 2.17. The van der Waals surface area contributed by atoms with Crippen molar-refractivity contribution in [1.29, 1.82) is 0 Å². The molecule has 0 spiro atoms. The highest BCUT2D eigenvalue weighted by Crippen LogP contribution is 2.31. The molecular weight excluding hydrogens is 294 g/mol. The van der Waals surface area contributed by atoms with E-state index in [9.17, 15) is 19.7 Å². The lowest BCUT2D eigenvalue weighted by atomic mass is 10.1. The van der Waals surface area contributed by atoms with Gasteiger partial charge in [0.1, 0.15) is 6.29 Å². The highest BCUT2D eigenvalue weighted by molar-refractivity contribution is 5.77. The predicted octanol–water partition coefficient (Wildman–Crippen LogP) is 1.85. The second kappa shape index (κ2) is 6.99. The molecule has 0 unspecified atom stereocenters. The van der Waals surface area contributed by atoms with Gasteiger partial charge in [-0.1, -0.05) is 0 Å². The van der Waals surface area contributed by atoms with Gasteiger partial charge < -0.3 is 14.2 Å². The van der Waals surface area contributed by atoms with Crippen molar-refractivity contribution in [1.82, 2.24) is 0 Å². The van der Waals surface area contributed by atoms with E-state index in [0.29, 0.717) is 25.5 Å². The number of nitrogens with zero attached hydrogens (tertiary/aromatic N) is 1. The molecule has 8 nitrogen and oxygen atoms in total. The number of rotatable bonds is 5. The maximum atomic E-state index is 11.5. The van der Waals surface area contributed by atoms with E-state index in [1.165, 1.54) is 19.2 Å². The Labute approximate surface area is 126 Å². The van der Waals surface area contributed by atoms with Crippen molar-refractivity contribution in [3.8, 4) is 5.75 Å². The number of aldehydes is 1. The van der Waals surface area contributed by atoms with Gasteiger partial charge in [-0.2, -0.15) is 0 Å². The van der Waals surface area contributed by atoms with Gasteiger partial charge in [0.15, 0.2) is 11.9 Å². The molecule has 8 heteroatoms. The van der Waals surface area contributed by atoms with Gasteiger partial charge in [0.05, 0.1) is 12.0 Å². The van der Waals surface area contributed by atoms with Crippen LogP contribution in [0, 0.1) is 10.1 Å². The van der Waals surface area contributed by atoms with Gasteiger partial charge in [0, 0.05) is 18.1 Å². The zero-order chi connectivity index (χ0) is 16.1. The SMILES string of the molecule is COC(=O)[C@@H]1CCC[C@H](Oc2ccc(C=O)cc2[N+](=O)[O-])O1. The molecule has 0 radical (unpaired) electrons. The maximum absolute atomic E-state index is 11.5. The van der Waals surface area contributed by atoms with Crippen molar-refractivity contribution in [2.75, 3.05) is 7.11 Å². The largest absolute Gasteiger partial charge is 0.467 e. The van der Waals surface area contributed by atoms with Crippen LogP contribution in [-0.2, 0) is 14.3 Å². The molecule has 1 aromatic carbocycles. The summed E-state index contributed by atoms with van der Waals surface area (Å²) in [6.45, 7) is 0. The highest BCUT2D eigenvalue weighted by atomic mass is 16.7. The fourth-order valence-corrected chi connectivity index (χ4v) is 2.17. The zero-order valence-corrected chi connectivity index (χ0v) is 11.9. The van der Waals surface area contributed by atoms with Crippen molar-refractivity contribution < 1.29 is 28.7 Å². The molecule has 0 saturated carbocycles. The van der Waals surface area contributed by atoms with Crippen LogP contribution >= 0.6 is 0 Å². The number of methoxy groups -OCH3 is 1. The number of hydrogen-bond donors (Lipinski definition) is 0. The number of ether oxygens (including phenoxy) is 3.